The molecule has 2 amide bonds. The molecular formula is C24H31N3O3. The number of carbonyl (C=O) groups is 2. The Kier molecular flexibility index (Phi) is 7.46. The van der Waals surface area contributed by atoms with Crippen molar-refractivity contribution in [1.29, 1.82) is 0 Å². The zero-order valence-corrected chi connectivity index (χ0v) is 18.0. The van der Waals surface area contributed by atoms with Crippen molar-refractivity contribution in [3.05, 3.63) is 65.2 Å². The maximum Gasteiger partial charge on any atom is 0.225 e. The van der Waals surface area contributed by atoms with Crippen LogP contribution in [0.4, 0.5) is 0 Å². The average Bonchev–Trinajstić information content (AvgIpc) is 3.15. The minimum absolute atomic E-state index is 0.0462. The molecule has 1 fully saturated rings. The minimum atomic E-state index is -0.0816. The molecule has 2 aromatic rings. The lowest BCUT2D eigenvalue weighted by atomic mass is 9.87. The van der Waals surface area contributed by atoms with E-state index in [1.165, 1.54) is 12.5 Å². The third-order valence-corrected chi connectivity index (χ3v) is 5.63. The van der Waals surface area contributed by atoms with Gasteiger partial charge in [0.05, 0.1) is 13.0 Å². The van der Waals surface area contributed by atoms with Crippen LogP contribution in [-0.2, 0) is 22.6 Å². The van der Waals surface area contributed by atoms with Gasteiger partial charge in [-0.05, 0) is 42.3 Å². The fourth-order valence-corrected chi connectivity index (χ4v) is 4.02. The maximum absolute atomic E-state index is 13.0. The van der Waals surface area contributed by atoms with E-state index < -0.39 is 0 Å². The number of nitrogens with zero attached hydrogens (tertiary/aromatic N) is 1. The van der Waals surface area contributed by atoms with Gasteiger partial charge in [0.25, 0.3) is 0 Å². The summed E-state index contributed by atoms with van der Waals surface area (Å²) in [5.74, 6) is 0.954. The van der Waals surface area contributed by atoms with Gasteiger partial charge >= 0.3 is 0 Å². The molecule has 2 N–H and O–H groups in total. The standard InChI is InChI=1S/C24H31N3O3/c1-17(28)26-14-19-5-4-6-20(13-19)22-15-27(2)16-23(22)24(29)25-12-11-18-7-9-21(30-3)10-8-18/h4-10,13,22-23H,11-12,14-16H2,1-3H3,(H,25,29)(H,26,28)/t22-,23-/m1/s1. The second-order valence-corrected chi connectivity index (χ2v) is 7.98. The molecule has 0 unspecified atom stereocenters. The van der Waals surface area contributed by atoms with E-state index in [0.717, 1.165) is 36.4 Å². The number of benzene rings is 2. The number of ether oxygens (including phenoxy) is 1. The summed E-state index contributed by atoms with van der Waals surface area (Å²) >= 11 is 0. The second kappa shape index (κ2) is 10.3. The third-order valence-electron chi connectivity index (χ3n) is 5.63. The Labute approximate surface area is 178 Å². The van der Waals surface area contributed by atoms with Crippen molar-refractivity contribution < 1.29 is 14.3 Å². The van der Waals surface area contributed by atoms with Crippen LogP contribution < -0.4 is 15.4 Å². The average molecular weight is 410 g/mol. The van der Waals surface area contributed by atoms with Gasteiger partial charge in [-0.25, -0.2) is 0 Å². The predicted molar refractivity (Wildman–Crippen MR) is 117 cm³/mol. The first-order valence-corrected chi connectivity index (χ1v) is 10.4. The van der Waals surface area contributed by atoms with Crippen LogP contribution in [0.3, 0.4) is 0 Å². The lowest BCUT2D eigenvalue weighted by molar-refractivity contribution is -0.125. The van der Waals surface area contributed by atoms with Gasteiger partial charge in [-0.15, -0.1) is 0 Å². The Hall–Kier alpha value is -2.86. The molecule has 3 rings (SSSR count). The molecule has 30 heavy (non-hydrogen) atoms. The van der Waals surface area contributed by atoms with E-state index in [0.29, 0.717) is 13.1 Å². The molecule has 1 heterocycles. The molecule has 1 saturated heterocycles. The lowest BCUT2D eigenvalue weighted by Crippen LogP contribution is -2.35. The van der Waals surface area contributed by atoms with Crippen LogP contribution in [0, 0.1) is 5.92 Å². The molecule has 0 radical (unpaired) electrons. The van der Waals surface area contributed by atoms with Gasteiger partial charge in [0.2, 0.25) is 11.8 Å². The molecule has 0 bridgehead atoms. The Morgan fingerprint density at radius 3 is 2.53 bits per heavy atom. The largest absolute Gasteiger partial charge is 0.497 e. The zero-order chi connectivity index (χ0) is 21.5. The van der Waals surface area contributed by atoms with Gasteiger partial charge in [0.15, 0.2) is 0 Å². The summed E-state index contributed by atoms with van der Waals surface area (Å²) in [6.07, 6.45) is 0.787. The van der Waals surface area contributed by atoms with E-state index in [9.17, 15) is 9.59 Å². The molecule has 160 valence electrons. The fourth-order valence-electron chi connectivity index (χ4n) is 4.02. The topological polar surface area (TPSA) is 70.7 Å². The first-order chi connectivity index (χ1) is 14.5. The molecule has 0 aromatic heterocycles. The van der Waals surface area contributed by atoms with Gasteiger partial charge < -0.3 is 20.3 Å². The number of nitrogens with one attached hydrogen (secondary N) is 2. The van der Waals surface area contributed by atoms with Crippen molar-refractivity contribution in [2.24, 2.45) is 5.92 Å². The normalized spacial score (nSPS) is 18.8. The Bertz CT molecular complexity index is 866. The summed E-state index contributed by atoms with van der Waals surface area (Å²) in [5.41, 5.74) is 3.37. The van der Waals surface area contributed by atoms with E-state index in [-0.39, 0.29) is 23.7 Å². The molecule has 6 nitrogen and oxygen atoms in total. The van der Waals surface area contributed by atoms with Crippen LogP contribution in [0.5, 0.6) is 5.75 Å². The summed E-state index contributed by atoms with van der Waals surface area (Å²) in [6.45, 7) is 4.22. The summed E-state index contributed by atoms with van der Waals surface area (Å²) in [4.78, 5) is 26.4. The van der Waals surface area contributed by atoms with E-state index in [2.05, 4.69) is 34.7 Å². The minimum Gasteiger partial charge on any atom is -0.497 e. The number of likely N-dealkylation sites (N-methyl/N-ethyl adjacent to an activating group) is 1. The number of amides is 2. The van der Waals surface area contributed by atoms with Crippen molar-refractivity contribution in [3.63, 3.8) is 0 Å². The molecule has 1 aliphatic rings. The third kappa shape index (κ3) is 5.83. The molecule has 0 spiro atoms. The molecule has 6 heteroatoms. The van der Waals surface area contributed by atoms with Gasteiger partial charge in [-0.1, -0.05) is 36.4 Å². The summed E-state index contributed by atoms with van der Waals surface area (Å²) < 4.78 is 5.18. The van der Waals surface area contributed by atoms with Crippen molar-refractivity contribution in [2.75, 3.05) is 33.8 Å². The number of methoxy groups -OCH3 is 1. The quantitative estimate of drug-likeness (QED) is 0.702. The van der Waals surface area contributed by atoms with Crippen molar-refractivity contribution in [3.8, 4) is 5.75 Å². The van der Waals surface area contributed by atoms with Crippen LogP contribution in [-0.4, -0.2) is 50.5 Å². The molecular weight excluding hydrogens is 378 g/mol. The van der Waals surface area contributed by atoms with Crippen molar-refractivity contribution in [2.45, 2.75) is 25.8 Å². The number of likely N-dealkylation sites (tertiary alicyclic amines) is 1. The molecule has 2 aromatic carbocycles. The highest BCUT2D eigenvalue weighted by atomic mass is 16.5. The Morgan fingerprint density at radius 2 is 1.83 bits per heavy atom. The van der Waals surface area contributed by atoms with Crippen LogP contribution >= 0.6 is 0 Å². The highest BCUT2D eigenvalue weighted by Crippen LogP contribution is 2.32. The highest BCUT2D eigenvalue weighted by Gasteiger charge is 2.36. The van der Waals surface area contributed by atoms with Crippen LogP contribution in [0.2, 0.25) is 0 Å². The maximum atomic E-state index is 13.0. The highest BCUT2D eigenvalue weighted by molar-refractivity contribution is 5.80. The molecule has 2 atom stereocenters. The van der Waals surface area contributed by atoms with Crippen LogP contribution in [0.1, 0.15) is 29.5 Å². The van der Waals surface area contributed by atoms with Gasteiger partial charge in [-0.2, -0.15) is 0 Å². The Balaban J connectivity index is 1.60. The summed E-state index contributed by atoms with van der Waals surface area (Å²) in [6, 6.07) is 16.1. The fraction of sp³-hybridized carbons (Fsp3) is 0.417. The number of rotatable bonds is 8. The van der Waals surface area contributed by atoms with E-state index in [1.807, 2.05) is 36.4 Å². The van der Waals surface area contributed by atoms with Gasteiger partial charge in [0, 0.05) is 39.0 Å². The monoisotopic (exact) mass is 409 g/mol. The van der Waals surface area contributed by atoms with Gasteiger partial charge in [-0.3, -0.25) is 9.59 Å². The first-order valence-electron chi connectivity index (χ1n) is 10.4. The second-order valence-electron chi connectivity index (χ2n) is 7.98. The van der Waals surface area contributed by atoms with Crippen LogP contribution in [0.15, 0.2) is 48.5 Å². The van der Waals surface area contributed by atoms with Crippen molar-refractivity contribution >= 4 is 11.8 Å². The molecule has 1 aliphatic heterocycles. The zero-order valence-electron chi connectivity index (χ0n) is 18.0. The predicted octanol–water partition coefficient (Wildman–Crippen LogP) is 2.34. The lowest BCUT2D eigenvalue weighted by Gasteiger charge is -2.19. The van der Waals surface area contributed by atoms with E-state index >= 15 is 0 Å². The molecule has 0 aliphatic carbocycles. The number of hydrogen-bond donors (Lipinski definition) is 2. The molecule has 0 saturated carbocycles. The number of hydrogen-bond acceptors (Lipinski definition) is 4. The van der Waals surface area contributed by atoms with Crippen LogP contribution in [0.25, 0.3) is 0 Å². The van der Waals surface area contributed by atoms with E-state index in [1.54, 1.807) is 7.11 Å². The summed E-state index contributed by atoms with van der Waals surface area (Å²) in [5, 5.41) is 5.96. The van der Waals surface area contributed by atoms with Crippen molar-refractivity contribution in [1.82, 2.24) is 15.5 Å². The van der Waals surface area contributed by atoms with Gasteiger partial charge in [0.1, 0.15) is 5.75 Å². The Morgan fingerprint density at radius 1 is 1.07 bits per heavy atom. The van der Waals surface area contributed by atoms with E-state index in [4.69, 9.17) is 4.74 Å². The SMILES string of the molecule is COc1ccc(CCNC(=O)[C@@H]2CN(C)C[C@@H]2c2cccc(CNC(C)=O)c2)cc1. The first kappa shape index (κ1) is 21.8. The summed E-state index contributed by atoms with van der Waals surface area (Å²) in [7, 11) is 3.71. The number of carbonyl (C=O) groups excluding carboxylic acids is 2. The smallest absolute Gasteiger partial charge is 0.225 e.